The Bertz CT molecular complexity index is 1460. The van der Waals surface area contributed by atoms with E-state index in [0.717, 1.165) is 70.6 Å². The van der Waals surface area contributed by atoms with Crippen molar-refractivity contribution in [3.05, 3.63) is 72.9 Å². The van der Waals surface area contributed by atoms with Crippen LogP contribution in [0.4, 0.5) is 0 Å². The smallest absolute Gasteiger partial charge is 0.220 e. The molecule has 0 aliphatic carbocycles. The van der Waals surface area contributed by atoms with Gasteiger partial charge in [-0.3, -0.25) is 4.79 Å². The van der Waals surface area contributed by atoms with Crippen molar-refractivity contribution in [2.24, 2.45) is 0 Å². The van der Waals surface area contributed by atoms with E-state index in [-0.39, 0.29) is 12.5 Å². The van der Waals surface area contributed by atoms with Crippen LogP contribution < -0.4 is 5.32 Å². The molecule has 78 heavy (non-hydrogen) atoms. The van der Waals surface area contributed by atoms with Gasteiger partial charge < -0.3 is 40.3 Å². The second-order valence-corrected chi connectivity index (χ2v) is 22.9. The monoisotopic (exact) mass is 1100 g/mol. The minimum Gasteiger partial charge on any atom is -0.394 e. The average molecular weight is 1100 g/mol. The van der Waals surface area contributed by atoms with Crippen molar-refractivity contribution in [2.75, 3.05) is 13.2 Å². The molecule has 454 valence electrons. The van der Waals surface area contributed by atoms with E-state index in [1.54, 1.807) is 6.08 Å². The lowest BCUT2D eigenvalue weighted by Gasteiger charge is -2.40. The van der Waals surface area contributed by atoms with Gasteiger partial charge in [-0.15, -0.1) is 0 Å². The first-order valence-electron chi connectivity index (χ1n) is 33.2. The molecule has 1 heterocycles. The van der Waals surface area contributed by atoms with E-state index in [4.69, 9.17) is 9.47 Å². The van der Waals surface area contributed by atoms with E-state index in [1.807, 2.05) is 6.08 Å². The summed E-state index contributed by atoms with van der Waals surface area (Å²) in [6, 6.07) is -0.806. The van der Waals surface area contributed by atoms with Crippen LogP contribution in [0.1, 0.15) is 303 Å². The van der Waals surface area contributed by atoms with Gasteiger partial charge in [0.2, 0.25) is 5.91 Å². The molecule has 7 unspecified atom stereocenters. The van der Waals surface area contributed by atoms with Crippen molar-refractivity contribution in [1.29, 1.82) is 0 Å². The Morgan fingerprint density at radius 3 is 1.18 bits per heavy atom. The van der Waals surface area contributed by atoms with Gasteiger partial charge in [0.1, 0.15) is 24.4 Å². The quantitative estimate of drug-likeness (QED) is 0.0261. The number of carbonyl (C=O) groups excluding carboxylic acids is 1. The number of unbranched alkanes of at least 4 members (excludes halogenated alkanes) is 37. The maximum atomic E-state index is 13.1. The van der Waals surface area contributed by atoms with Crippen LogP contribution in [0.3, 0.4) is 0 Å². The van der Waals surface area contributed by atoms with Crippen molar-refractivity contribution in [1.82, 2.24) is 5.32 Å². The second kappa shape index (κ2) is 57.8. The third-order valence-electron chi connectivity index (χ3n) is 15.5. The average Bonchev–Trinajstić information content (AvgIpc) is 3.45. The predicted molar refractivity (Wildman–Crippen MR) is 332 cm³/mol. The first-order valence-corrected chi connectivity index (χ1v) is 33.2. The molecule has 9 nitrogen and oxygen atoms in total. The number of amides is 1. The molecular formula is C69H125NO8. The molecule has 0 saturated carbocycles. The number of allylic oxidation sites excluding steroid dienone is 11. The standard InChI is InChI=1S/C69H125NO8/c1-3-5-7-9-11-13-15-17-19-21-23-24-25-26-27-28-29-30-31-32-33-34-35-36-37-38-39-40-41-43-45-47-49-51-53-55-57-59-65(73)70-62(61-77-69-68(76)67(75)66(74)64(60-71)78-69)63(72)58-56-54-52-50-48-46-44-42-22-20-18-16-14-12-10-8-6-4-2/h5,7,11,13,17,19,23-24,26-27,56,58,62-64,66-69,71-72,74-76H,3-4,6,8-10,12,14-16,18,20-22,25,28-55,57,59-61H2,1-2H3,(H,70,73)/b7-5-,13-11-,19-17-,24-23-,27-26-,58-56+. The number of hydrogen-bond acceptors (Lipinski definition) is 8. The summed E-state index contributed by atoms with van der Waals surface area (Å²) in [4.78, 5) is 13.1. The summed E-state index contributed by atoms with van der Waals surface area (Å²) in [5.74, 6) is -0.173. The Kier molecular flexibility index (Phi) is 54.6. The maximum absolute atomic E-state index is 13.1. The Hall–Kier alpha value is -2.37. The molecular weight excluding hydrogens is 971 g/mol. The van der Waals surface area contributed by atoms with Crippen LogP contribution in [0.5, 0.6) is 0 Å². The molecule has 0 bridgehead atoms. The highest BCUT2D eigenvalue weighted by molar-refractivity contribution is 5.76. The topological polar surface area (TPSA) is 149 Å². The van der Waals surface area contributed by atoms with E-state index < -0.39 is 49.5 Å². The van der Waals surface area contributed by atoms with Crippen LogP contribution in [-0.2, 0) is 14.3 Å². The number of rotatable bonds is 57. The Balaban J connectivity index is 2.09. The SMILES string of the molecule is CC/C=C\C/C=C\C/C=C\C/C=C\C/C=C\CCCCCCCCCCCCCCCCCCCCCCCC(=O)NC(COC1OC(CO)C(O)C(O)C1O)C(O)/C=C/CCCCCCCCCCCCCCCCCC. The summed E-state index contributed by atoms with van der Waals surface area (Å²) < 4.78 is 11.3. The van der Waals surface area contributed by atoms with Gasteiger partial charge in [-0.1, -0.05) is 305 Å². The van der Waals surface area contributed by atoms with Crippen LogP contribution in [-0.4, -0.2) is 87.5 Å². The highest BCUT2D eigenvalue weighted by atomic mass is 16.7. The van der Waals surface area contributed by atoms with Crippen LogP contribution >= 0.6 is 0 Å². The molecule has 1 saturated heterocycles. The molecule has 0 aromatic rings. The number of hydrogen-bond donors (Lipinski definition) is 6. The fourth-order valence-electron chi connectivity index (χ4n) is 10.4. The third-order valence-corrected chi connectivity index (χ3v) is 15.5. The fraction of sp³-hybridized carbons (Fsp3) is 0.812. The largest absolute Gasteiger partial charge is 0.394 e. The molecule has 0 aromatic carbocycles. The number of aliphatic hydroxyl groups is 5. The molecule has 1 rings (SSSR count). The number of nitrogens with one attached hydrogen (secondary N) is 1. The molecule has 1 amide bonds. The molecule has 1 aliphatic rings. The van der Waals surface area contributed by atoms with Gasteiger partial charge in [0.25, 0.3) is 0 Å². The highest BCUT2D eigenvalue weighted by Gasteiger charge is 2.44. The molecule has 1 fully saturated rings. The molecule has 0 spiro atoms. The van der Waals surface area contributed by atoms with E-state index in [9.17, 15) is 30.3 Å². The first kappa shape index (κ1) is 73.6. The van der Waals surface area contributed by atoms with Crippen LogP contribution in [0, 0.1) is 0 Å². The van der Waals surface area contributed by atoms with E-state index in [2.05, 4.69) is 79.9 Å². The molecule has 7 atom stereocenters. The van der Waals surface area contributed by atoms with Crippen molar-refractivity contribution < 1.29 is 39.8 Å². The van der Waals surface area contributed by atoms with Gasteiger partial charge in [-0.2, -0.15) is 0 Å². The normalized spacial score (nSPS) is 19.1. The minimum atomic E-state index is -1.57. The zero-order valence-corrected chi connectivity index (χ0v) is 50.7. The molecule has 9 heteroatoms. The van der Waals surface area contributed by atoms with Crippen molar-refractivity contribution in [3.8, 4) is 0 Å². The Morgan fingerprint density at radius 1 is 0.449 bits per heavy atom. The summed E-state index contributed by atoms with van der Waals surface area (Å²) in [6.07, 6.45) is 74.2. The number of aliphatic hydroxyl groups excluding tert-OH is 5. The molecule has 6 N–H and O–H groups in total. The molecule has 0 radical (unpaired) electrons. The predicted octanol–water partition coefficient (Wildman–Crippen LogP) is 17.6. The van der Waals surface area contributed by atoms with Crippen LogP contribution in [0.15, 0.2) is 72.9 Å². The lowest BCUT2D eigenvalue weighted by Crippen LogP contribution is -2.60. The Morgan fingerprint density at radius 2 is 0.795 bits per heavy atom. The summed E-state index contributed by atoms with van der Waals surface area (Å²) in [6.45, 7) is 3.69. The zero-order valence-electron chi connectivity index (χ0n) is 50.7. The summed E-state index contributed by atoms with van der Waals surface area (Å²) in [5, 5.41) is 54.6. The van der Waals surface area contributed by atoms with Gasteiger partial charge in [-0.05, 0) is 64.2 Å². The molecule has 1 aliphatic heterocycles. The van der Waals surface area contributed by atoms with Gasteiger partial charge >= 0.3 is 0 Å². The van der Waals surface area contributed by atoms with Crippen molar-refractivity contribution >= 4 is 5.91 Å². The van der Waals surface area contributed by atoms with Crippen LogP contribution in [0.2, 0.25) is 0 Å². The van der Waals surface area contributed by atoms with E-state index in [1.165, 1.54) is 212 Å². The summed E-state index contributed by atoms with van der Waals surface area (Å²) >= 11 is 0. The van der Waals surface area contributed by atoms with Gasteiger partial charge in [0.15, 0.2) is 6.29 Å². The summed E-state index contributed by atoms with van der Waals surface area (Å²) in [5.41, 5.74) is 0. The maximum Gasteiger partial charge on any atom is 0.220 e. The first-order chi connectivity index (χ1) is 38.3. The lowest BCUT2D eigenvalue weighted by molar-refractivity contribution is -0.302. The van der Waals surface area contributed by atoms with E-state index >= 15 is 0 Å². The Labute approximate surface area is 480 Å². The lowest BCUT2D eigenvalue weighted by atomic mass is 9.99. The highest BCUT2D eigenvalue weighted by Crippen LogP contribution is 2.23. The minimum absolute atomic E-state index is 0.173. The van der Waals surface area contributed by atoms with Gasteiger partial charge in [0, 0.05) is 6.42 Å². The summed E-state index contributed by atoms with van der Waals surface area (Å²) in [7, 11) is 0. The molecule has 0 aromatic heterocycles. The second-order valence-electron chi connectivity index (χ2n) is 22.9. The van der Waals surface area contributed by atoms with Gasteiger partial charge in [-0.25, -0.2) is 0 Å². The fourth-order valence-corrected chi connectivity index (χ4v) is 10.4. The van der Waals surface area contributed by atoms with Crippen LogP contribution in [0.25, 0.3) is 0 Å². The van der Waals surface area contributed by atoms with Crippen molar-refractivity contribution in [2.45, 2.75) is 346 Å². The van der Waals surface area contributed by atoms with E-state index in [0.29, 0.717) is 6.42 Å². The number of carbonyl (C=O) groups is 1. The van der Waals surface area contributed by atoms with Gasteiger partial charge in [0.05, 0.1) is 25.4 Å². The third kappa shape index (κ3) is 46.3. The van der Waals surface area contributed by atoms with Crippen molar-refractivity contribution in [3.63, 3.8) is 0 Å². The number of ether oxygens (including phenoxy) is 2. The zero-order chi connectivity index (χ0) is 56.5.